The quantitative estimate of drug-likeness (QED) is 0.238. The zero-order valence-corrected chi connectivity index (χ0v) is 18.6. The zero-order chi connectivity index (χ0) is 26.5. The maximum atomic E-state index is 12.7. The normalized spacial score (nSPS) is 11.9. The Balaban J connectivity index is 1.69. The Morgan fingerprint density at radius 2 is 1.00 bits per heavy atom. The number of hydrogen-bond donors (Lipinski definition) is 3. The minimum atomic E-state index is -4.50. The molecule has 4 N–H and O–H groups in total. The number of carbonyl (C=O) groups excluding carboxylic acids is 2. The van der Waals surface area contributed by atoms with Crippen LogP contribution in [0.1, 0.15) is 34.0 Å². The fourth-order valence-corrected chi connectivity index (χ4v) is 3.31. The average molecular weight is 509 g/mol. The fourth-order valence-electron chi connectivity index (χ4n) is 3.31. The molecule has 3 aromatic rings. The van der Waals surface area contributed by atoms with Gasteiger partial charge in [-0.2, -0.15) is 26.3 Å². The SMILES string of the molecule is Nc1ccc(C(NC(=O)Cc2ccc(C(F)(F)F)cc2)NC(=O)Cc2ccc(C(F)(F)F)cc2)cc1. The van der Waals surface area contributed by atoms with Crippen LogP contribution in [0.5, 0.6) is 0 Å². The van der Waals surface area contributed by atoms with Crippen molar-refractivity contribution >= 4 is 17.5 Å². The van der Waals surface area contributed by atoms with Gasteiger partial charge in [0.1, 0.15) is 6.17 Å². The van der Waals surface area contributed by atoms with E-state index < -0.39 is 41.5 Å². The zero-order valence-electron chi connectivity index (χ0n) is 18.6. The lowest BCUT2D eigenvalue weighted by Crippen LogP contribution is -2.42. The van der Waals surface area contributed by atoms with Gasteiger partial charge in [-0.1, -0.05) is 36.4 Å². The third-order valence-electron chi connectivity index (χ3n) is 5.17. The van der Waals surface area contributed by atoms with Gasteiger partial charge < -0.3 is 16.4 Å². The Morgan fingerprint density at radius 1 is 0.639 bits per heavy atom. The molecule has 0 atom stereocenters. The molecule has 0 saturated heterocycles. The minimum absolute atomic E-state index is 0.252. The summed E-state index contributed by atoms with van der Waals surface area (Å²) < 4.78 is 76.4. The van der Waals surface area contributed by atoms with Crippen molar-refractivity contribution in [3.05, 3.63) is 101 Å². The number of nitrogens with two attached hydrogens (primary N) is 1. The summed E-state index contributed by atoms with van der Waals surface area (Å²) in [6.07, 6.45) is -10.5. The van der Waals surface area contributed by atoms with E-state index in [2.05, 4.69) is 10.6 Å². The molecule has 0 bridgehead atoms. The number of carbonyl (C=O) groups is 2. The second-order valence-corrected chi connectivity index (χ2v) is 7.98. The number of amides is 2. The van der Waals surface area contributed by atoms with E-state index in [9.17, 15) is 35.9 Å². The first kappa shape index (κ1) is 26.6. The van der Waals surface area contributed by atoms with E-state index in [1.54, 1.807) is 24.3 Å². The number of nitrogens with one attached hydrogen (secondary N) is 2. The van der Waals surface area contributed by atoms with Crippen molar-refractivity contribution < 1.29 is 35.9 Å². The van der Waals surface area contributed by atoms with Crippen LogP contribution >= 0.6 is 0 Å². The molecule has 36 heavy (non-hydrogen) atoms. The third kappa shape index (κ3) is 7.49. The van der Waals surface area contributed by atoms with Gasteiger partial charge in [0, 0.05) is 5.69 Å². The Bertz CT molecular complexity index is 1120. The van der Waals surface area contributed by atoms with Crippen molar-refractivity contribution in [1.29, 1.82) is 0 Å². The predicted molar refractivity (Wildman–Crippen MR) is 120 cm³/mol. The number of anilines is 1. The summed E-state index contributed by atoms with van der Waals surface area (Å²) in [6, 6.07) is 14.4. The van der Waals surface area contributed by atoms with Crippen molar-refractivity contribution in [2.75, 3.05) is 5.73 Å². The first-order valence-corrected chi connectivity index (χ1v) is 10.6. The summed E-state index contributed by atoms with van der Waals surface area (Å²) in [7, 11) is 0. The lowest BCUT2D eigenvalue weighted by atomic mass is 10.1. The van der Waals surface area contributed by atoms with Gasteiger partial charge in [-0.25, -0.2) is 0 Å². The molecule has 0 heterocycles. The molecular formula is C25H21F6N3O2. The first-order valence-electron chi connectivity index (χ1n) is 10.6. The summed E-state index contributed by atoms with van der Waals surface area (Å²) in [5, 5.41) is 5.22. The predicted octanol–water partition coefficient (Wildman–Crippen LogP) is 5.02. The molecular weight excluding hydrogens is 488 g/mol. The number of alkyl halides is 6. The first-order chi connectivity index (χ1) is 16.8. The number of benzene rings is 3. The van der Waals surface area contributed by atoms with Crippen LogP contribution in [-0.2, 0) is 34.8 Å². The Morgan fingerprint density at radius 3 is 1.33 bits per heavy atom. The monoisotopic (exact) mass is 509 g/mol. The fraction of sp³-hybridized carbons (Fsp3) is 0.200. The van der Waals surface area contributed by atoms with Gasteiger partial charge in [0.15, 0.2) is 0 Å². The van der Waals surface area contributed by atoms with Crippen LogP contribution in [0, 0.1) is 0 Å². The largest absolute Gasteiger partial charge is 0.416 e. The second-order valence-electron chi connectivity index (χ2n) is 7.98. The Labute approximate surface area is 202 Å². The number of halogens is 6. The van der Waals surface area contributed by atoms with Crippen LogP contribution in [-0.4, -0.2) is 11.8 Å². The second kappa shape index (κ2) is 10.7. The molecule has 3 aromatic carbocycles. The molecule has 0 aliphatic carbocycles. The molecule has 0 spiro atoms. The van der Waals surface area contributed by atoms with Crippen molar-refractivity contribution in [2.45, 2.75) is 31.4 Å². The van der Waals surface area contributed by atoms with E-state index in [0.717, 1.165) is 24.3 Å². The molecule has 0 unspecified atom stereocenters. The van der Waals surface area contributed by atoms with Crippen LogP contribution in [0.15, 0.2) is 72.8 Å². The van der Waals surface area contributed by atoms with Gasteiger partial charge in [0.2, 0.25) is 11.8 Å². The summed E-state index contributed by atoms with van der Waals surface area (Å²) in [5.41, 5.74) is 5.55. The van der Waals surface area contributed by atoms with Crippen molar-refractivity contribution in [1.82, 2.24) is 10.6 Å². The van der Waals surface area contributed by atoms with E-state index in [1.165, 1.54) is 24.3 Å². The van der Waals surface area contributed by atoms with E-state index in [-0.39, 0.29) is 12.8 Å². The molecule has 5 nitrogen and oxygen atoms in total. The van der Waals surface area contributed by atoms with E-state index in [1.807, 2.05) is 0 Å². The average Bonchev–Trinajstić information content (AvgIpc) is 2.78. The number of hydrogen-bond acceptors (Lipinski definition) is 3. The van der Waals surface area contributed by atoms with Crippen molar-refractivity contribution in [2.24, 2.45) is 0 Å². The Hall–Kier alpha value is -4.02. The van der Waals surface area contributed by atoms with Gasteiger partial charge in [0.05, 0.1) is 24.0 Å². The van der Waals surface area contributed by atoms with E-state index in [4.69, 9.17) is 5.73 Å². The standard InChI is InChI=1S/C25H21F6N3O2/c26-24(27,28)18-7-1-15(2-8-18)13-21(35)33-23(17-5-11-20(32)12-6-17)34-22(36)14-16-3-9-19(10-4-16)25(29,30)31/h1-12,23H,13-14,32H2,(H,33,35)(H,34,36). The number of nitrogen functional groups attached to an aromatic ring is 1. The maximum Gasteiger partial charge on any atom is 0.416 e. The van der Waals surface area contributed by atoms with Crippen LogP contribution in [0.4, 0.5) is 32.0 Å². The van der Waals surface area contributed by atoms with Gasteiger partial charge in [-0.15, -0.1) is 0 Å². The molecule has 0 fully saturated rings. The van der Waals surface area contributed by atoms with Gasteiger partial charge in [0.25, 0.3) is 0 Å². The molecule has 0 aliphatic rings. The van der Waals surface area contributed by atoms with Crippen LogP contribution in [0.2, 0.25) is 0 Å². The van der Waals surface area contributed by atoms with Crippen molar-refractivity contribution in [3.8, 4) is 0 Å². The Kier molecular flexibility index (Phi) is 7.91. The third-order valence-corrected chi connectivity index (χ3v) is 5.17. The highest BCUT2D eigenvalue weighted by molar-refractivity contribution is 5.82. The number of rotatable bonds is 7. The highest BCUT2D eigenvalue weighted by atomic mass is 19.4. The molecule has 2 amide bonds. The highest BCUT2D eigenvalue weighted by Crippen LogP contribution is 2.30. The van der Waals surface area contributed by atoms with E-state index in [0.29, 0.717) is 22.4 Å². The van der Waals surface area contributed by atoms with Gasteiger partial charge >= 0.3 is 12.4 Å². The minimum Gasteiger partial charge on any atom is -0.399 e. The lowest BCUT2D eigenvalue weighted by molar-refractivity contribution is -0.138. The molecule has 0 radical (unpaired) electrons. The summed E-state index contributed by atoms with van der Waals surface area (Å²) >= 11 is 0. The maximum absolute atomic E-state index is 12.7. The van der Waals surface area contributed by atoms with Crippen LogP contribution < -0.4 is 16.4 Å². The molecule has 3 rings (SSSR count). The van der Waals surface area contributed by atoms with Crippen LogP contribution in [0.25, 0.3) is 0 Å². The highest BCUT2D eigenvalue weighted by Gasteiger charge is 2.31. The lowest BCUT2D eigenvalue weighted by Gasteiger charge is -2.21. The molecule has 0 aliphatic heterocycles. The van der Waals surface area contributed by atoms with Gasteiger partial charge in [-0.05, 0) is 53.1 Å². The smallest absolute Gasteiger partial charge is 0.399 e. The molecule has 11 heteroatoms. The topological polar surface area (TPSA) is 84.2 Å². The summed E-state index contributed by atoms with van der Waals surface area (Å²) in [4.78, 5) is 25.2. The van der Waals surface area contributed by atoms with Crippen LogP contribution in [0.3, 0.4) is 0 Å². The van der Waals surface area contributed by atoms with Gasteiger partial charge in [-0.3, -0.25) is 9.59 Å². The molecule has 190 valence electrons. The summed E-state index contributed by atoms with van der Waals surface area (Å²) in [6.45, 7) is 0. The summed E-state index contributed by atoms with van der Waals surface area (Å²) in [5.74, 6) is -1.15. The van der Waals surface area contributed by atoms with E-state index >= 15 is 0 Å². The molecule has 0 saturated carbocycles. The molecule has 0 aromatic heterocycles. The van der Waals surface area contributed by atoms with Crippen molar-refractivity contribution in [3.63, 3.8) is 0 Å².